The SMILES string of the molecule is O=C(OCl)c1ccc2c(c1)cc(Br)c1ccncc12. The second kappa shape index (κ2) is 4.79. The van der Waals surface area contributed by atoms with E-state index in [4.69, 9.17) is 11.9 Å². The fraction of sp³-hybridized carbons (Fsp3) is 0. The van der Waals surface area contributed by atoms with Crippen molar-refractivity contribution in [3.05, 3.63) is 52.8 Å². The normalized spacial score (nSPS) is 10.8. The van der Waals surface area contributed by atoms with Gasteiger partial charge < -0.3 is 4.29 Å². The van der Waals surface area contributed by atoms with Crippen LogP contribution in [0.3, 0.4) is 0 Å². The molecule has 3 nitrogen and oxygen atoms in total. The number of carbonyl (C=O) groups is 1. The van der Waals surface area contributed by atoms with Crippen LogP contribution in [0.1, 0.15) is 10.4 Å². The van der Waals surface area contributed by atoms with Crippen molar-refractivity contribution in [3.63, 3.8) is 0 Å². The number of benzene rings is 2. The second-order valence-corrected chi connectivity index (χ2v) is 5.09. The summed E-state index contributed by atoms with van der Waals surface area (Å²) >= 11 is 8.62. The molecule has 19 heavy (non-hydrogen) atoms. The Balaban J connectivity index is 2.37. The molecular formula is C14H7BrClNO2. The van der Waals surface area contributed by atoms with Crippen LogP contribution < -0.4 is 0 Å². The van der Waals surface area contributed by atoms with E-state index in [0.717, 1.165) is 26.0 Å². The van der Waals surface area contributed by atoms with E-state index in [1.54, 1.807) is 18.3 Å². The van der Waals surface area contributed by atoms with Gasteiger partial charge in [0.1, 0.15) is 11.9 Å². The zero-order chi connectivity index (χ0) is 13.4. The maximum atomic E-state index is 11.4. The lowest BCUT2D eigenvalue weighted by Crippen LogP contribution is -1.97. The summed E-state index contributed by atoms with van der Waals surface area (Å²) in [6.45, 7) is 0. The summed E-state index contributed by atoms with van der Waals surface area (Å²) in [5, 5.41) is 4.05. The maximum Gasteiger partial charge on any atom is 0.356 e. The molecule has 0 saturated carbocycles. The predicted octanol–water partition coefficient (Wildman–Crippen LogP) is 4.46. The monoisotopic (exact) mass is 335 g/mol. The Labute approximate surface area is 122 Å². The Bertz CT molecular complexity index is 804. The number of aromatic nitrogens is 1. The van der Waals surface area contributed by atoms with Crippen LogP contribution in [0.2, 0.25) is 0 Å². The summed E-state index contributed by atoms with van der Waals surface area (Å²) in [6, 6.07) is 9.21. The Morgan fingerprint density at radius 1 is 1.16 bits per heavy atom. The third-order valence-corrected chi connectivity index (χ3v) is 3.80. The molecule has 0 saturated heterocycles. The molecule has 0 fully saturated rings. The van der Waals surface area contributed by atoms with E-state index in [2.05, 4.69) is 25.2 Å². The topological polar surface area (TPSA) is 39.2 Å². The van der Waals surface area contributed by atoms with Crippen molar-refractivity contribution in [2.45, 2.75) is 0 Å². The fourth-order valence-electron chi connectivity index (χ4n) is 2.13. The second-order valence-electron chi connectivity index (χ2n) is 4.08. The van der Waals surface area contributed by atoms with Crippen molar-refractivity contribution in [3.8, 4) is 0 Å². The van der Waals surface area contributed by atoms with Crippen molar-refractivity contribution in [1.82, 2.24) is 4.98 Å². The quantitative estimate of drug-likeness (QED) is 0.616. The van der Waals surface area contributed by atoms with Gasteiger partial charge in [-0.2, -0.15) is 0 Å². The number of pyridine rings is 1. The number of fused-ring (bicyclic) bond motifs is 3. The molecule has 3 rings (SSSR count). The lowest BCUT2D eigenvalue weighted by Gasteiger charge is -2.07. The van der Waals surface area contributed by atoms with E-state index in [0.29, 0.717) is 5.56 Å². The number of hydrogen-bond acceptors (Lipinski definition) is 3. The van der Waals surface area contributed by atoms with Crippen molar-refractivity contribution in [2.24, 2.45) is 0 Å². The predicted molar refractivity (Wildman–Crippen MR) is 78.2 cm³/mol. The lowest BCUT2D eigenvalue weighted by molar-refractivity contribution is 0.0751. The molecule has 94 valence electrons. The van der Waals surface area contributed by atoms with Crippen LogP contribution in [0.5, 0.6) is 0 Å². The summed E-state index contributed by atoms with van der Waals surface area (Å²) in [7, 11) is 0. The lowest BCUT2D eigenvalue weighted by atomic mass is 10.0. The van der Waals surface area contributed by atoms with Crippen molar-refractivity contribution in [1.29, 1.82) is 0 Å². The molecule has 0 aliphatic carbocycles. The molecule has 0 amide bonds. The summed E-state index contributed by atoms with van der Waals surface area (Å²) in [4.78, 5) is 15.6. The summed E-state index contributed by atoms with van der Waals surface area (Å²) in [5.41, 5.74) is 0.414. The van der Waals surface area contributed by atoms with E-state index in [1.165, 1.54) is 0 Å². The number of hydrogen-bond donors (Lipinski definition) is 0. The van der Waals surface area contributed by atoms with Gasteiger partial charge in [0.2, 0.25) is 0 Å². The molecule has 0 aliphatic rings. The molecule has 0 aliphatic heterocycles. The van der Waals surface area contributed by atoms with Crippen molar-refractivity contribution in [2.75, 3.05) is 0 Å². The Morgan fingerprint density at radius 2 is 2.00 bits per heavy atom. The molecule has 0 radical (unpaired) electrons. The standard InChI is InChI=1S/C14H7BrClNO2/c15-13-6-9-5-8(14(18)19-16)1-2-10(9)12-7-17-4-3-11(12)13/h1-7H. The van der Waals surface area contributed by atoms with Gasteiger partial charge in [-0.1, -0.05) is 22.0 Å². The minimum absolute atomic E-state index is 0.414. The van der Waals surface area contributed by atoms with Crippen LogP contribution >= 0.6 is 27.8 Å². The van der Waals surface area contributed by atoms with E-state index >= 15 is 0 Å². The maximum absolute atomic E-state index is 11.4. The van der Waals surface area contributed by atoms with E-state index in [9.17, 15) is 4.79 Å². The molecule has 2 aromatic carbocycles. The minimum Gasteiger partial charge on any atom is -0.343 e. The molecule has 0 bridgehead atoms. The van der Waals surface area contributed by atoms with E-state index in [1.807, 2.05) is 24.4 Å². The largest absolute Gasteiger partial charge is 0.356 e. The average Bonchev–Trinajstić information content (AvgIpc) is 2.46. The molecule has 0 spiro atoms. The highest BCUT2D eigenvalue weighted by Gasteiger charge is 2.10. The van der Waals surface area contributed by atoms with Crippen LogP contribution in [-0.4, -0.2) is 11.0 Å². The smallest absolute Gasteiger partial charge is 0.343 e. The zero-order valence-electron chi connectivity index (χ0n) is 9.56. The van der Waals surface area contributed by atoms with Gasteiger partial charge >= 0.3 is 5.97 Å². The van der Waals surface area contributed by atoms with Crippen LogP contribution in [0.4, 0.5) is 0 Å². The first-order valence-electron chi connectivity index (χ1n) is 5.49. The first kappa shape index (κ1) is 12.4. The molecule has 1 aromatic heterocycles. The van der Waals surface area contributed by atoms with Gasteiger partial charge in [-0.3, -0.25) is 4.98 Å². The zero-order valence-corrected chi connectivity index (χ0v) is 11.9. The Hall–Kier alpha value is -1.65. The van der Waals surface area contributed by atoms with Crippen LogP contribution in [0.15, 0.2) is 47.2 Å². The molecular weight excluding hydrogens is 330 g/mol. The number of nitrogens with zero attached hydrogens (tertiary/aromatic N) is 1. The average molecular weight is 337 g/mol. The first-order chi connectivity index (χ1) is 9.20. The van der Waals surface area contributed by atoms with E-state index in [-0.39, 0.29) is 0 Å². The molecule has 0 unspecified atom stereocenters. The molecule has 0 N–H and O–H groups in total. The van der Waals surface area contributed by atoms with Gasteiger partial charge in [-0.25, -0.2) is 4.79 Å². The summed E-state index contributed by atoms with van der Waals surface area (Å²) in [5.74, 6) is -0.564. The highest BCUT2D eigenvalue weighted by Crippen LogP contribution is 2.31. The van der Waals surface area contributed by atoms with Crippen LogP contribution in [0, 0.1) is 0 Å². The minimum atomic E-state index is -0.564. The van der Waals surface area contributed by atoms with Gasteiger partial charge in [0.15, 0.2) is 0 Å². The first-order valence-corrected chi connectivity index (χ1v) is 6.60. The van der Waals surface area contributed by atoms with Crippen molar-refractivity contribution < 1.29 is 9.08 Å². The third kappa shape index (κ3) is 2.07. The summed E-state index contributed by atoms with van der Waals surface area (Å²) < 4.78 is 5.16. The van der Waals surface area contributed by atoms with Crippen molar-refractivity contribution >= 4 is 55.3 Å². The number of rotatable bonds is 1. The van der Waals surface area contributed by atoms with E-state index < -0.39 is 5.97 Å². The Morgan fingerprint density at radius 3 is 2.79 bits per heavy atom. The molecule has 0 atom stereocenters. The molecule has 1 heterocycles. The highest BCUT2D eigenvalue weighted by molar-refractivity contribution is 9.10. The van der Waals surface area contributed by atoms with Gasteiger partial charge in [0.25, 0.3) is 0 Å². The molecule has 5 heteroatoms. The highest BCUT2D eigenvalue weighted by atomic mass is 79.9. The number of carbonyl (C=O) groups excluding carboxylic acids is 1. The summed E-state index contributed by atoms with van der Waals surface area (Å²) in [6.07, 6.45) is 3.56. The van der Waals surface area contributed by atoms with Gasteiger partial charge in [0, 0.05) is 22.3 Å². The fourth-order valence-corrected chi connectivity index (χ4v) is 2.81. The molecule has 3 aromatic rings. The van der Waals surface area contributed by atoms with Gasteiger partial charge in [0.05, 0.1) is 5.56 Å². The number of halogens is 2. The van der Waals surface area contributed by atoms with Gasteiger partial charge in [-0.05, 0) is 40.4 Å². The Kier molecular flexibility index (Phi) is 3.12. The van der Waals surface area contributed by atoms with Crippen LogP contribution in [-0.2, 0) is 4.29 Å². The van der Waals surface area contributed by atoms with Gasteiger partial charge in [-0.15, -0.1) is 0 Å². The third-order valence-electron chi connectivity index (χ3n) is 3.01. The van der Waals surface area contributed by atoms with Crippen LogP contribution in [0.25, 0.3) is 21.5 Å².